The molecule has 1 amide bonds. The molecule has 2 rings (SSSR count). The van der Waals surface area contributed by atoms with E-state index in [9.17, 15) is 4.79 Å². The van der Waals surface area contributed by atoms with Crippen LogP contribution in [0.4, 0.5) is 0 Å². The van der Waals surface area contributed by atoms with Crippen molar-refractivity contribution in [3.05, 3.63) is 65.2 Å². The molecule has 26 heavy (non-hydrogen) atoms. The van der Waals surface area contributed by atoms with Crippen molar-refractivity contribution in [2.45, 2.75) is 40.3 Å². The Balaban J connectivity index is 1.79. The summed E-state index contributed by atoms with van der Waals surface area (Å²) >= 11 is 0. The summed E-state index contributed by atoms with van der Waals surface area (Å²) in [5.74, 6) is 0.790. The van der Waals surface area contributed by atoms with Crippen LogP contribution in [0.5, 0.6) is 5.75 Å². The van der Waals surface area contributed by atoms with Gasteiger partial charge in [-0.05, 0) is 56.6 Å². The molecule has 0 fully saturated rings. The Bertz CT molecular complexity index is 696. The Labute approximate surface area is 157 Å². The molecule has 0 radical (unpaired) electrons. The highest BCUT2D eigenvalue weighted by Crippen LogP contribution is 2.15. The number of carbonyl (C=O) groups is 1. The first-order chi connectivity index (χ1) is 12.5. The van der Waals surface area contributed by atoms with Crippen LogP contribution in [0.15, 0.2) is 48.5 Å². The van der Waals surface area contributed by atoms with Gasteiger partial charge in [0.15, 0.2) is 0 Å². The first-order valence-electron chi connectivity index (χ1n) is 9.31. The fraction of sp³-hybridized carbons (Fsp3) is 0.409. The van der Waals surface area contributed by atoms with Crippen molar-refractivity contribution < 1.29 is 9.53 Å². The van der Waals surface area contributed by atoms with Gasteiger partial charge in [0.25, 0.3) is 5.91 Å². The van der Waals surface area contributed by atoms with Crippen LogP contribution in [0.3, 0.4) is 0 Å². The lowest BCUT2D eigenvalue weighted by Crippen LogP contribution is -2.30. The molecule has 0 bridgehead atoms. The number of rotatable bonds is 9. The van der Waals surface area contributed by atoms with Gasteiger partial charge in [0.05, 0.1) is 6.54 Å². The van der Waals surface area contributed by atoms with E-state index in [2.05, 4.69) is 31.0 Å². The second kappa shape index (κ2) is 9.97. The van der Waals surface area contributed by atoms with E-state index >= 15 is 0 Å². The highest BCUT2D eigenvalue weighted by Gasteiger charge is 2.09. The van der Waals surface area contributed by atoms with E-state index in [0.717, 1.165) is 24.4 Å². The molecule has 140 valence electrons. The molecule has 0 saturated heterocycles. The van der Waals surface area contributed by atoms with Crippen LogP contribution >= 0.6 is 0 Å². The highest BCUT2D eigenvalue weighted by molar-refractivity contribution is 5.94. The van der Waals surface area contributed by atoms with Crippen molar-refractivity contribution in [3.8, 4) is 5.75 Å². The van der Waals surface area contributed by atoms with E-state index in [-0.39, 0.29) is 5.91 Å². The second-order valence-electron chi connectivity index (χ2n) is 6.72. The van der Waals surface area contributed by atoms with Gasteiger partial charge in [-0.3, -0.25) is 9.69 Å². The number of aryl methyl sites for hydroxylation is 1. The molecule has 2 aromatic carbocycles. The average molecular weight is 354 g/mol. The summed E-state index contributed by atoms with van der Waals surface area (Å²) in [6, 6.07) is 16.2. The summed E-state index contributed by atoms with van der Waals surface area (Å²) < 4.78 is 5.70. The minimum Gasteiger partial charge on any atom is -0.491 e. The molecule has 0 aliphatic carbocycles. The number of nitrogens with one attached hydrogen (secondary N) is 1. The van der Waals surface area contributed by atoms with Gasteiger partial charge in [-0.2, -0.15) is 0 Å². The molecule has 0 aliphatic rings. The molecular weight excluding hydrogens is 324 g/mol. The van der Waals surface area contributed by atoms with E-state index in [4.69, 9.17) is 4.74 Å². The zero-order valence-electron chi connectivity index (χ0n) is 16.3. The van der Waals surface area contributed by atoms with Gasteiger partial charge in [0.2, 0.25) is 0 Å². The first kappa shape index (κ1) is 20.0. The van der Waals surface area contributed by atoms with Gasteiger partial charge in [-0.15, -0.1) is 0 Å². The van der Waals surface area contributed by atoms with E-state index in [0.29, 0.717) is 24.8 Å². The molecule has 0 unspecified atom stereocenters. The quantitative estimate of drug-likeness (QED) is 0.691. The predicted molar refractivity (Wildman–Crippen MR) is 107 cm³/mol. The van der Waals surface area contributed by atoms with Crippen molar-refractivity contribution in [1.29, 1.82) is 0 Å². The molecular formula is C22H30N2O2. The minimum absolute atomic E-state index is 0.0684. The summed E-state index contributed by atoms with van der Waals surface area (Å²) in [7, 11) is 0. The van der Waals surface area contributed by atoms with Gasteiger partial charge in [-0.1, -0.05) is 37.3 Å². The number of ether oxygens (including phenoxy) is 1. The molecule has 0 heterocycles. The van der Waals surface area contributed by atoms with Gasteiger partial charge >= 0.3 is 0 Å². The molecule has 1 N–H and O–H groups in total. The SMILES string of the molecule is CCN(Cc1ccc(C(=O)NCCOc2ccccc2C)cc1)C(C)C. The second-order valence-corrected chi connectivity index (χ2v) is 6.72. The lowest BCUT2D eigenvalue weighted by molar-refractivity contribution is 0.0947. The lowest BCUT2D eigenvalue weighted by atomic mass is 10.1. The third kappa shape index (κ3) is 5.88. The fourth-order valence-electron chi connectivity index (χ4n) is 2.80. The smallest absolute Gasteiger partial charge is 0.251 e. The van der Waals surface area contributed by atoms with Crippen LogP contribution in [-0.2, 0) is 6.54 Å². The Kier molecular flexibility index (Phi) is 7.67. The Morgan fingerprint density at radius 3 is 2.42 bits per heavy atom. The Hall–Kier alpha value is -2.33. The van der Waals surface area contributed by atoms with Gasteiger partial charge in [-0.25, -0.2) is 0 Å². The maximum Gasteiger partial charge on any atom is 0.251 e. The minimum atomic E-state index is -0.0684. The lowest BCUT2D eigenvalue weighted by Gasteiger charge is -2.24. The number of carbonyl (C=O) groups excluding carboxylic acids is 1. The first-order valence-corrected chi connectivity index (χ1v) is 9.31. The molecule has 4 heteroatoms. The van der Waals surface area contributed by atoms with Crippen LogP contribution in [0.25, 0.3) is 0 Å². The fourth-order valence-corrected chi connectivity index (χ4v) is 2.80. The van der Waals surface area contributed by atoms with Gasteiger partial charge < -0.3 is 10.1 Å². The monoisotopic (exact) mass is 354 g/mol. The number of nitrogens with zero attached hydrogens (tertiary/aromatic N) is 1. The topological polar surface area (TPSA) is 41.6 Å². The van der Waals surface area contributed by atoms with E-state index in [1.54, 1.807) is 0 Å². The largest absolute Gasteiger partial charge is 0.491 e. The van der Waals surface area contributed by atoms with Crippen LogP contribution in [0.2, 0.25) is 0 Å². The number of hydrogen-bond donors (Lipinski definition) is 1. The molecule has 4 nitrogen and oxygen atoms in total. The van der Waals surface area contributed by atoms with Crippen LogP contribution < -0.4 is 10.1 Å². The molecule has 0 saturated carbocycles. The molecule has 2 aromatic rings. The number of para-hydroxylation sites is 1. The summed E-state index contributed by atoms with van der Waals surface area (Å²) in [6.07, 6.45) is 0. The maximum absolute atomic E-state index is 12.2. The highest BCUT2D eigenvalue weighted by atomic mass is 16.5. The molecule has 0 atom stereocenters. The number of benzene rings is 2. The van der Waals surface area contributed by atoms with E-state index in [1.165, 1.54) is 5.56 Å². The van der Waals surface area contributed by atoms with Crippen molar-refractivity contribution in [2.24, 2.45) is 0 Å². The molecule has 0 aromatic heterocycles. The van der Waals surface area contributed by atoms with Gasteiger partial charge in [0.1, 0.15) is 12.4 Å². The van der Waals surface area contributed by atoms with Crippen molar-refractivity contribution >= 4 is 5.91 Å². The van der Waals surface area contributed by atoms with Crippen molar-refractivity contribution in [3.63, 3.8) is 0 Å². The van der Waals surface area contributed by atoms with Crippen LogP contribution in [-0.4, -0.2) is 36.5 Å². The van der Waals surface area contributed by atoms with E-state index < -0.39 is 0 Å². The molecule has 0 aliphatic heterocycles. The summed E-state index contributed by atoms with van der Waals surface area (Å²) in [4.78, 5) is 14.6. The summed E-state index contributed by atoms with van der Waals surface area (Å²) in [6.45, 7) is 11.4. The third-order valence-corrected chi connectivity index (χ3v) is 4.48. The van der Waals surface area contributed by atoms with Gasteiger partial charge in [0, 0.05) is 18.2 Å². The predicted octanol–water partition coefficient (Wildman–Crippen LogP) is 4.03. The van der Waals surface area contributed by atoms with Crippen molar-refractivity contribution in [2.75, 3.05) is 19.7 Å². The standard InChI is InChI=1S/C22H30N2O2/c1-5-24(17(2)3)16-19-10-12-20(13-11-19)22(25)23-14-15-26-21-9-7-6-8-18(21)4/h6-13,17H,5,14-16H2,1-4H3,(H,23,25). The Morgan fingerprint density at radius 2 is 1.81 bits per heavy atom. The average Bonchev–Trinajstić information content (AvgIpc) is 2.64. The summed E-state index contributed by atoms with van der Waals surface area (Å²) in [5, 5.41) is 2.90. The number of amides is 1. The van der Waals surface area contributed by atoms with Crippen LogP contribution in [0, 0.1) is 6.92 Å². The zero-order valence-corrected chi connectivity index (χ0v) is 16.3. The maximum atomic E-state index is 12.2. The third-order valence-electron chi connectivity index (χ3n) is 4.48. The van der Waals surface area contributed by atoms with E-state index in [1.807, 2.05) is 55.5 Å². The van der Waals surface area contributed by atoms with Crippen LogP contribution in [0.1, 0.15) is 42.3 Å². The summed E-state index contributed by atoms with van der Waals surface area (Å²) in [5.41, 5.74) is 2.99. The normalized spacial score (nSPS) is 11.0. The number of hydrogen-bond acceptors (Lipinski definition) is 3. The zero-order chi connectivity index (χ0) is 18.9. The molecule has 0 spiro atoms. The van der Waals surface area contributed by atoms with Crippen molar-refractivity contribution in [1.82, 2.24) is 10.2 Å². The Morgan fingerprint density at radius 1 is 1.12 bits per heavy atom.